The average Bonchev–Trinajstić information content (AvgIpc) is 2.73. The van der Waals surface area contributed by atoms with Crippen molar-refractivity contribution in [3.8, 4) is 0 Å². The Morgan fingerprint density at radius 3 is 2.94 bits per heavy atom. The molecule has 0 amide bonds. The lowest BCUT2D eigenvalue weighted by Crippen LogP contribution is -2.04. The molecule has 2 heterocycles. The van der Waals surface area contributed by atoms with Crippen molar-refractivity contribution in [1.29, 1.82) is 0 Å². The van der Waals surface area contributed by atoms with Crippen LogP contribution in [0.25, 0.3) is 10.3 Å². The number of rotatable bonds is 3. The molecule has 1 N–H and O–H groups in total. The Morgan fingerprint density at radius 1 is 1.62 bits per heavy atom. The van der Waals surface area contributed by atoms with E-state index in [4.69, 9.17) is 4.74 Å². The maximum absolute atomic E-state index is 11.5. The third-order valence-corrected chi connectivity index (χ3v) is 3.48. The highest BCUT2D eigenvalue weighted by Crippen LogP contribution is 2.27. The van der Waals surface area contributed by atoms with Gasteiger partial charge in [0.1, 0.15) is 16.0 Å². The number of fused-ring (bicyclic) bond motifs is 1. The van der Waals surface area contributed by atoms with Crippen LogP contribution in [0.15, 0.2) is 6.07 Å². The van der Waals surface area contributed by atoms with Crippen LogP contribution >= 0.6 is 11.3 Å². The molecule has 0 saturated heterocycles. The quantitative estimate of drug-likeness (QED) is 0.836. The second kappa shape index (κ2) is 4.25. The van der Waals surface area contributed by atoms with Crippen LogP contribution in [0.5, 0.6) is 0 Å². The number of ether oxygens (including phenoxy) is 1. The molecule has 0 spiro atoms. The van der Waals surface area contributed by atoms with Gasteiger partial charge in [-0.25, -0.2) is 9.78 Å². The Hall–Kier alpha value is -1.36. The lowest BCUT2D eigenvalue weighted by atomic mass is 10.2. The fraction of sp³-hybridized carbons (Fsp3) is 0.455. The van der Waals surface area contributed by atoms with Gasteiger partial charge < -0.3 is 9.72 Å². The summed E-state index contributed by atoms with van der Waals surface area (Å²) < 4.78 is 4.91. The number of carbonyl (C=O) groups excluding carboxylic acids is 1. The number of nitrogens with zero attached hydrogens (tertiary/aromatic N) is 1. The molecular formula is C11H14N2O2S. The lowest BCUT2D eigenvalue weighted by molar-refractivity contribution is 0.0520. The predicted octanol–water partition coefficient (Wildman–Crippen LogP) is 2.92. The van der Waals surface area contributed by atoms with Crippen molar-refractivity contribution in [3.63, 3.8) is 0 Å². The molecule has 0 radical (unpaired) electrons. The molecule has 5 heteroatoms. The largest absolute Gasteiger partial charge is 0.461 e. The Balaban J connectivity index is 2.32. The number of esters is 1. The van der Waals surface area contributed by atoms with Crippen LogP contribution < -0.4 is 0 Å². The fourth-order valence-electron chi connectivity index (χ4n) is 1.40. The van der Waals surface area contributed by atoms with E-state index in [0.29, 0.717) is 18.2 Å². The molecule has 0 atom stereocenters. The summed E-state index contributed by atoms with van der Waals surface area (Å²) in [6.45, 7) is 6.38. The predicted molar refractivity (Wildman–Crippen MR) is 64.0 cm³/mol. The summed E-state index contributed by atoms with van der Waals surface area (Å²) in [6, 6.07) is 1.75. The summed E-state index contributed by atoms with van der Waals surface area (Å²) in [5.74, 6) is 0.0932. The van der Waals surface area contributed by atoms with E-state index in [1.165, 1.54) is 0 Å². The molecule has 2 aromatic heterocycles. The van der Waals surface area contributed by atoms with Crippen molar-refractivity contribution in [2.45, 2.75) is 26.7 Å². The third kappa shape index (κ3) is 1.95. The van der Waals surface area contributed by atoms with Crippen molar-refractivity contribution < 1.29 is 9.53 Å². The molecule has 86 valence electrons. The van der Waals surface area contributed by atoms with E-state index in [1.54, 1.807) is 24.3 Å². The van der Waals surface area contributed by atoms with Crippen LogP contribution in [-0.2, 0) is 4.74 Å². The maximum atomic E-state index is 11.5. The first-order chi connectivity index (χ1) is 7.61. The Kier molecular flexibility index (Phi) is 2.96. The molecule has 4 nitrogen and oxygen atoms in total. The van der Waals surface area contributed by atoms with Gasteiger partial charge in [-0.15, -0.1) is 11.3 Å². The highest BCUT2D eigenvalue weighted by atomic mass is 32.1. The van der Waals surface area contributed by atoms with E-state index >= 15 is 0 Å². The number of aromatic amines is 1. The van der Waals surface area contributed by atoms with Gasteiger partial charge in [0.2, 0.25) is 0 Å². The third-order valence-electron chi connectivity index (χ3n) is 2.19. The van der Waals surface area contributed by atoms with Crippen LogP contribution in [0.4, 0.5) is 0 Å². The Bertz CT molecular complexity index is 482. The molecule has 0 fully saturated rings. The summed E-state index contributed by atoms with van der Waals surface area (Å²) in [7, 11) is 0. The van der Waals surface area contributed by atoms with Crippen LogP contribution in [0.3, 0.4) is 0 Å². The van der Waals surface area contributed by atoms with Gasteiger partial charge in [-0.1, -0.05) is 13.8 Å². The summed E-state index contributed by atoms with van der Waals surface area (Å²) in [5.41, 5.74) is 1.32. The first kappa shape index (κ1) is 11.1. The minimum absolute atomic E-state index is 0.321. The fourth-order valence-corrected chi connectivity index (χ4v) is 2.36. The van der Waals surface area contributed by atoms with Crippen molar-refractivity contribution in [2.24, 2.45) is 0 Å². The summed E-state index contributed by atoms with van der Waals surface area (Å²) >= 11 is 1.59. The number of hydrogen-bond donors (Lipinski definition) is 1. The molecule has 0 bridgehead atoms. The lowest BCUT2D eigenvalue weighted by Gasteiger charge is -1.98. The molecular weight excluding hydrogens is 224 g/mol. The second-order valence-electron chi connectivity index (χ2n) is 3.82. The number of nitrogens with one attached hydrogen (secondary N) is 1. The van der Waals surface area contributed by atoms with Gasteiger partial charge in [-0.05, 0) is 13.0 Å². The van der Waals surface area contributed by atoms with Crippen LogP contribution in [0.2, 0.25) is 0 Å². The number of carbonyl (C=O) groups is 1. The zero-order chi connectivity index (χ0) is 11.7. The summed E-state index contributed by atoms with van der Waals surface area (Å²) in [4.78, 5) is 19.9. The molecule has 0 unspecified atom stereocenters. The molecule has 0 aromatic carbocycles. The smallest absolute Gasteiger partial charge is 0.354 e. The summed E-state index contributed by atoms with van der Waals surface area (Å²) in [5, 5.41) is 1.08. The molecule has 0 aliphatic carbocycles. The van der Waals surface area contributed by atoms with E-state index in [1.807, 2.05) is 0 Å². The highest BCUT2D eigenvalue weighted by molar-refractivity contribution is 7.18. The first-order valence-electron chi connectivity index (χ1n) is 5.28. The average molecular weight is 238 g/mol. The molecule has 0 saturated carbocycles. The standard InChI is InChI=1S/C11H14N2O2S/c1-4-15-11(14)8-5-7-10(13-8)16-9(12-7)6(2)3/h5-6,13H,4H2,1-3H3. The van der Waals surface area contributed by atoms with E-state index in [9.17, 15) is 4.79 Å². The first-order valence-corrected chi connectivity index (χ1v) is 6.10. The van der Waals surface area contributed by atoms with Crippen LogP contribution in [-0.4, -0.2) is 22.5 Å². The topological polar surface area (TPSA) is 55.0 Å². The zero-order valence-electron chi connectivity index (χ0n) is 9.53. The van der Waals surface area contributed by atoms with Gasteiger partial charge in [0.25, 0.3) is 0 Å². The van der Waals surface area contributed by atoms with E-state index in [0.717, 1.165) is 15.4 Å². The Morgan fingerprint density at radius 2 is 2.38 bits per heavy atom. The Labute approximate surface area is 97.6 Å². The molecule has 0 aliphatic heterocycles. The van der Waals surface area contributed by atoms with Gasteiger partial charge in [0, 0.05) is 5.92 Å². The molecule has 16 heavy (non-hydrogen) atoms. The SMILES string of the molecule is CCOC(=O)c1cc2nc(C(C)C)sc2[nH]1. The van der Waals surface area contributed by atoms with Crippen LogP contribution in [0, 0.1) is 0 Å². The number of thiazole rings is 1. The monoisotopic (exact) mass is 238 g/mol. The second-order valence-corrected chi connectivity index (χ2v) is 4.86. The maximum Gasteiger partial charge on any atom is 0.354 e. The van der Waals surface area contributed by atoms with Gasteiger partial charge in [0.05, 0.1) is 11.6 Å². The van der Waals surface area contributed by atoms with Crippen molar-refractivity contribution >= 4 is 27.7 Å². The van der Waals surface area contributed by atoms with E-state index in [2.05, 4.69) is 23.8 Å². The molecule has 0 aliphatic rings. The number of aromatic nitrogens is 2. The normalized spacial score (nSPS) is 11.2. The van der Waals surface area contributed by atoms with Gasteiger partial charge in [-0.3, -0.25) is 0 Å². The van der Waals surface area contributed by atoms with Crippen molar-refractivity contribution in [2.75, 3.05) is 6.61 Å². The van der Waals surface area contributed by atoms with E-state index in [-0.39, 0.29) is 5.97 Å². The minimum Gasteiger partial charge on any atom is -0.461 e. The summed E-state index contributed by atoms with van der Waals surface area (Å²) in [6.07, 6.45) is 0. The van der Waals surface area contributed by atoms with Crippen molar-refractivity contribution in [1.82, 2.24) is 9.97 Å². The van der Waals surface area contributed by atoms with Gasteiger partial charge in [-0.2, -0.15) is 0 Å². The zero-order valence-corrected chi connectivity index (χ0v) is 10.4. The minimum atomic E-state index is -0.321. The number of H-pyrrole nitrogens is 1. The van der Waals surface area contributed by atoms with Gasteiger partial charge in [0.15, 0.2) is 0 Å². The molecule has 2 rings (SSSR count). The van der Waals surface area contributed by atoms with Crippen LogP contribution in [0.1, 0.15) is 42.2 Å². The van der Waals surface area contributed by atoms with Crippen molar-refractivity contribution in [3.05, 3.63) is 16.8 Å². The molecule has 2 aromatic rings. The number of hydrogen-bond acceptors (Lipinski definition) is 4. The van der Waals surface area contributed by atoms with Gasteiger partial charge >= 0.3 is 5.97 Å². The van der Waals surface area contributed by atoms with E-state index < -0.39 is 0 Å². The highest BCUT2D eigenvalue weighted by Gasteiger charge is 2.14.